The van der Waals surface area contributed by atoms with Gasteiger partial charge in [0.05, 0.1) is 17.1 Å². The molecule has 2 atom stereocenters. The number of nitrogens with zero attached hydrogens (tertiary/aromatic N) is 2. The number of ether oxygens (including phenoxy) is 1. The van der Waals surface area contributed by atoms with Crippen molar-refractivity contribution in [3.05, 3.63) is 39.2 Å². The van der Waals surface area contributed by atoms with Crippen LogP contribution in [0.15, 0.2) is 38.6 Å². The number of carbonyl (C=O) groups excluding carboxylic acids is 1. The molecule has 1 fully saturated rings. The average molecular weight is 381 g/mol. The number of hydrogen-bond donors (Lipinski definition) is 0. The highest BCUT2D eigenvalue weighted by Gasteiger charge is 2.30. The number of rotatable bonds is 1. The first-order valence-corrected chi connectivity index (χ1v) is 8.81. The zero-order valence-electron chi connectivity index (χ0n) is 12.5. The SMILES string of the molecule is CC1CN(C2=NC(=O)C(=Cc3ccc(Br)cc3)S2)CC(C)O1. The third-order valence-electron chi connectivity index (χ3n) is 3.47. The van der Waals surface area contributed by atoms with Crippen molar-refractivity contribution in [2.75, 3.05) is 13.1 Å². The molecule has 2 unspecified atom stereocenters. The first-order valence-electron chi connectivity index (χ1n) is 7.20. The van der Waals surface area contributed by atoms with Gasteiger partial charge >= 0.3 is 0 Å². The van der Waals surface area contributed by atoms with Crippen molar-refractivity contribution in [2.45, 2.75) is 26.1 Å². The Balaban J connectivity index is 1.74. The second-order valence-electron chi connectivity index (χ2n) is 5.52. The average Bonchev–Trinajstić information content (AvgIpc) is 2.82. The van der Waals surface area contributed by atoms with Crippen LogP contribution < -0.4 is 0 Å². The Kier molecular flexibility index (Phi) is 4.70. The normalized spacial score (nSPS) is 27.4. The summed E-state index contributed by atoms with van der Waals surface area (Å²) in [7, 11) is 0. The maximum atomic E-state index is 12.1. The zero-order valence-corrected chi connectivity index (χ0v) is 14.9. The number of amides is 1. The number of benzene rings is 1. The standard InChI is InChI=1S/C16H17BrN2O2S/c1-10-8-19(9-11(2)21-10)16-18-15(20)14(22-16)7-12-3-5-13(17)6-4-12/h3-7,10-11H,8-9H2,1-2H3. The van der Waals surface area contributed by atoms with Gasteiger partial charge in [-0.25, -0.2) is 0 Å². The number of carbonyl (C=O) groups is 1. The Morgan fingerprint density at radius 2 is 1.91 bits per heavy atom. The molecule has 1 saturated heterocycles. The van der Waals surface area contributed by atoms with Gasteiger partial charge in [-0.2, -0.15) is 4.99 Å². The Morgan fingerprint density at radius 1 is 1.27 bits per heavy atom. The van der Waals surface area contributed by atoms with Crippen molar-refractivity contribution < 1.29 is 9.53 Å². The van der Waals surface area contributed by atoms with Gasteiger partial charge in [0.2, 0.25) is 0 Å². The Labute approximate surface area is 142 Å². The smallest absolute Gasteiger partial charge is 0.286 e. The summed E-state index contributed by atoms with van der Waals surface area (Å²) in [5, 5.41) is 0.787. The summed E-state index contributed by atoms with van der Waals surface area (Å²) in [5.74, 6) is -0.158. The maximum Gasteiger partial charge on any atom is 0.286 e. The number of thioether (sulfide) groups is 1. The number of morpholine rings is 1. The zero-order chi connectivity index (χ0) is 15.7. The van der Waals surface area contributed by atoms with Crippen LogP contribution in [0.1, 0.15) is 19.4 Å². The summed E-state index contributed by atoms with van der Waals surface area (Å²) in [6, 6.07) is 7.87. The van der Waals surface area contributed by atoms with Crippen molar-refractivity contribution in [2.24, 2.45) is 4.99 Å². The van der Waals surface area contributed by atoms with E-state index in [0.717, 1.165) is 28.3 Å². The van der Waals surface area contributed by atoms with E-state index in [0.29, 0.717) is 4.91 Å². The van der Waals surface area contributed by atoms with Crippen LogP contribution in [0.5, 0.6) is 0 Å². The lowest BCUT2D eigenvalue weighted by atomic mass is 10.2. The largest absolute Gasteiger partial charge is 0.372 e. The lowest BCUT2D eigenvalue weighted by molar-refractivity contribution is -0.113. The summed E-state index contributed by atoms with van der Waals surface area (Å²) >= 11 is 4.86. The number of halogens is 1. The van der Waals surface area contributed by atoms with Crippen LogP contribution >= 0.6 is 27.7 Å². The summed E-state index contributed by atoms with van der Waals surface area (Å²) in [5.41, 5.74) is 0.999. The van der Waals surface area contributed by atoms with Crippen molar-refractivity contribution >= 4 is 44.8 Å². The number of hydrogen-bond acceptors (Lipinski definition) is 4. The highest BCUT2D eigenvalue weighted by atomic mass is 79.9. The van der Waals surface area contributed by atoms with Crippen molar-refractivity contribution in [3.8, 4) is 0 Å². The highest BCUT2D eigenvalue weighted by molar-refractivity contribution is 9.10. The monoisotopic (exact) mass is 380 g/mol. The molecule has 0 bridgehead atoms. The second kappa shape index (κ2) is 6.56. The quantitative estimate of drug-likeness (QED) is 0.698. The topological polar surface area (TPSA) is 41.9 Å². The van der Waals surface area contributed by atoms with Crippen LogP contribution in [-0.4, -0.2) is 41.3 Å². The molecule has 1 amide bonds. The van der Waals surface area contributed by atoms with E-state index >= 15 is 0 Å². The summed E-state index contributed by atoms with van der Waals surface area (Å²) < 4.78 is 6.75. The van der Waals surface area contributed by atoms with Crippen molar-refractivity contribution in [1.82, 2.24) is 4.90 Å². The molecule has 0 aromatic heterocycles. The molecule has 3 rings (SSSR count). The van der Waals surface area contributed by atoms with Crippen LogP contribution in [0, 0.1) is 0 Å². The van der Waals surface area contributed by atoms with Gasteiger partial charge in [-0.15, -0.1) is 0 Å². The molecule has 1 aromatic carbocycles. The third kappa shape index (κ3) is 3.62. The summed E-state index contributed by atoms with van der Waals surface area (Å²) in [4.78, 5) is 19.1. The Bertz CT molecular complexity index is 632. The molecule has 2 aliphatic heterocycles. The molecule has 116 valence electrons. The van der Waals surface area contributed by atoms with Crippen LogP contribution in [0.25, 0.3) is 6.08 Å². The maximum absolute atomic E-state index is 12.1. The molecule has 0 radical (unpaired) electrons. The van der Waals surface area contributed by atoms with Gasteiger partial charge in [-0.05, 0) is 49.4 Å². The van der Waals surface area contributed by atoms with E-state index in [1.165, 1.54) is 11.8 Å². The fraction of sp³-hybridized carbons (Fsp3) is 0.375. The lowest BCUT2D eigenvalue weighted by Crippen LogP contribution is -2.47. The van der Waals surface area contributed by atoms with Gasteiger partial charge in [0.1, 0.15) is 0 Å². The molecule has 2 heterocycles. The second-order valence-corrected chi connectivity index (χ2v) is 7.45. The molecule has 2 aliphatic rings. The number of amidine groups is 1. The summed E-state index contributed by atoms with van der Waals surface area (Å²) in [6.07, 6.45) is 2.20. The Hall–Kier alpha value is -1.11. The van der Waals surface area contributed by atoms with Crippen LogP contribution in [0.3, 0.4) is 0 Å². The number of aliphatic imine (C=N–C) groups is 1. The minimum absolute atomic E-state index is 0.154. The molecule has 4 nitrogen and oxygen atoms in total. The molecule has 6 heteroatoms. The van der Waals surface area contributed by atoms with Gasteiger partial charge in [0.15, 0.2) is 5.17 Å². The predicted octanol–water partition coefficient (Wildman–Crippen LogP) is 3.53. The van der Waals surface area contributed by atoms with E-state index in [9.17, 15) is 4.79 Å². The molecule has 0 N–H and O–H groups in total. The van der Waals surface area contributed by atoms with E-state index < -0.39 is 0 Å². The van der Waals surface area contributed by atoms with Gasteiger partial charge in [0, 0.05) is 17.6 Å². The minimum atomic E-state index is -0.158. The van der Waals surface area contributed by atoms with E-state index in [2.05, 4.69) is 25.8 Å². The van der Waals surface area contributed by atoms with Crippen LogP contribution in [0.4, 0.5) is 0 Å². The van der Waals surface area contributed by atoms with Gasteiger partial charge in [0.25, 0.3) is 5.91 Å². The first kappa shape index (κ1) is 15.8. The van der Waals surface area contributed by atoms with Gasteiger partial charge < -0.3 is 9.64 Å². The van der Waals surface area contributed by atoms with E-state index in [-0.39, 0.29) is 18.1 Å². The predicted molar refractivity (Wildman–Crippen MR) is 93.7 cm³/mol. The van der Waals surface area contributed by atoms with Gasteiger partial charge in [-0.1, -0.05) is 28.1 Å². The molecule has 22 heavy (non-hydrogen) atoms. The minimum Gasteiger partial charge on any atom is -0.372 e. The molecule has 0 spiro atoms. The molecule has 0 aliphatic carbocycles. The molecule has 1 aromatic rings. The first-order chi connectivity index (χ1) is 10.5. The molecular weight excluding hydrogens is 364 g/mol. The van der Waals surface area contributed by atoms with Crippen molar-refractivity contribution in [1.29, 1.82) is 0 Å². The summed E-state index contributed by atoms with van der Waals surface area (Å²) in [6.45, 7) is 5.64. The van der Waals surface area contributed by atoms with Crippen LogP contribution in [-0.2, 0) is 9.53 Å². The van der Waals surface area contributed by atoms with Gasteiger partial charge in [-0.3, -0.25) is 4.79 Å². The highest BCUT2D eigenvalue weighted by Crippen LogP contribution is 2.31. The molecule has 0 saturated carbocycles. The van der Waals surface area contributed by atoms with Crippen molar-refractivity contribution in [3.63, 3.8) is 0 Å². The molecular formula is C16H17BrN2O2S. The van der Waals surface area contributed by atoms with E-state index in [1.807, 2.05) is 44.2 Å². The van der Waals surface area contributed by atoms with Crippen LogP contribution in [0.2, 0.25) is 0 Å². The third-order valence-corrected chi connectivity index (χ3v) is 5.04. The fourth-order valence-electron chi connectivity index (χ4n) is 2.58. The Morgan fingerprint density at radius 3 is 2.55 bits per heavy atom. The van der Waals surface area contributed by atoms with E-state index in [4.69, 9.17) is 4.74 Å². The lowest BCUT2D eigenvalue weighted by Gasteiger charge is -2.35. The fourth-order valence-corrected chi connectivity index (χ4v) is 3.77. The van der Waals surface area contributed by atoms with E-state index in [1.54, 1.807) is 0 Å².